The van der Waals surface area contributed by atoms with Gasteiger partial charge in [-0.1, -0.05) is 5.11 Å². The summed E-state index contributed by atoms with van der Waals surface area (Å²) in [5.41, 5.74) is 8.45. The van der Waals surface area contributed by atoms with Gasteiger partial charge in [0.2, 0.25) is 0 Å². The van der Waals surface area contributed by atoms with Crippen molar-refractivity contribution in [2.45, 2.75) is 18.9 Å². The number of hydrogen-bond acceptors (Lipinski definition) is 2. The number of azide groups is 1. The van der Waals surface area contributed by atoms with Gasteiger partial charge in [0.15, 0.2) is 0 Å². The number of halogens is 1. The minimum absolute atomic E-state index is 0. The normalized spacial score (nSPS) is 38.4. The predicted molar refractivity (Wildman–Crippen MR) is 44.7 cm³/mol. The van der Waals surface area contributed by atoms with Crippen LogP contribution < -0.4 is 5.32 Å². The van der Waals surface area contributed by atoms with Crippen molar-refractivity contribution in [3.8, 4) is 0 Å². The van der Waals surface area contributed by atoms with Crippen LogP contribution in [0.25, 0.3) is 10.4 Å². The molecule has 3 aliphatic rings. The van der Waals surface area contributed by atoms with Gasteiger partial charge in [-0.05, 0) is 23.8 Å². The van der Waals surface area contributed by atoms with Crippen LogP contribution in [0.15, 0.2) is 5.11 Å². The van der Waals surface area contributed by atoms with Gasteiger partial charge in [0.1, 0.15) is 0 Å². The highest BCUT2D eigenvalue weighted by Crippen LogP contribution is 2.46. The first kappa shape index (κ1) is 8.65. The highest BCUT2D eigenvalue weighted by atomic mass is 35.5. The summed E-state index contributed by atoms with van der Waals surface area (Å²) in [5.74, 6) is 0. The fraction of sp³-hybridized carbons (Fsp3) is 1.00. The molecule has 1 N–H and O–H groups in total. The van der Waals surface area contributed by atoms with Gasteiger partial charge in [0.25, 0.3) is 0 Å². The summed E-state index contributed by atoms with van der Waals surface area (Å²) in [5, 5.41) is 6.96. The van der Waals surface area contributed by atoms with Crippen LogP contribution in [0, 0.1) is 5.41 Å². The molecule has 2 saturated heterocycles. The lowest BCUT2D eigenvalue weighted by molar-refractivity contribution is 0.208. The topological polar surface area (TPSA) is 60.8 Å². The summed E-state index contributed by atoms with van der Waals surface area (Å²) in [7, 11) is 0. The minimum Gasteiger partial charge on any atom is -0.313 e. The Kier molecular flexibility index (Phi) is 2.28. The molecule has 3 fully saturated rings. The smallest absolute Gasteiger partial charge is 0.0327 e. The van der Waals surface area contributed by atoms with Gasteiger partial charge in [-0.2, -0.15) is 0 Å². The Morgan fingerprint density at radius 1 is 1.64 bits per heavy atom. The molecular weight excluding hydrogens is 164 g/mol. The fourth-order valence-corrected chi connectivity index (χ4v) is 2.00. The molecule has 5 heteroatoms. The highest BCUT2D eigenvalue weighted by Gasteiger charge is 2.49. The maximum Gasteiger partial charge on any atom is 0.0327 e. The van der Waals surface area contributed by atoms with E-state index >= 15 is 0 Å². The van der Waals surface area contributed by atoms with Gasteiger partial charge >= 0.3 is 0 Å². The van der Waals surface area contributed by atoms with E-state index in [0.29, 0.717) is 12.0 Å². The van der Waals surface area contributed by atoms with Crippen molar-refractivity contribution in [1.82, 2.24) is 5.32 Å². The third kappa shape index (κ3) is 1.29. The van der Waals surface area contributed by atoms with Crippen molar-refractivity contribution in [2.24, 2.45) is 10.5 Å². The van der Waals surface area contributed by atoms with Gasteiger partial charge < -0.3 is 5.32 Å². The lowest BCUT2D eigenvalue weighted by Gasteiger charge is -2.35. The van der Waals surface area contributed by atoms with Crippen molar-refractivity contribution in [1.29, 1.82) is 0 Å². The molecule has 0 aromatic rings. The summed E-state index contributed by atoms with van der Waals surface area (Å²) >= 11 is 0. The molecule has 0 radical (unpaired) electrons. The van der Waals surface area contributed by atoms with Crippen molar-refractivity contribution in [3.05, 3.63) is 10.4 Å². The second kappa shape index (κ2) is 2.89. The summed E-state index contributed by atoms with van der Waals surface area (Å²) in [4.78, 5) is 2.77. The van der Waals surface area contributed by atoms with Crippen LogP contribution in [0.5, 0.6) is 0 Å². The van der Waals surface area contributed by atoms with Gasteiger partial charge in [-0.3, -0.25) is 0 Å². The zero-order chi connectivity index (χ0) is 7.03. The molecule has 2 heterocycles. The molecule has 3 rings (SSSR count). The Morgan fingerprint density at radius 2 is 2.36 bits per heavy atom. The summed E-state index contributed by atoms with van der Waals surface area (Å²) in [6.07, 6.45) is 2.43. The van der Waals surface area contributed by atoms with E-state index in [0.717, 1.165) is 12.6 Å². The molecule has 0 aromatic heterocycles. The van der Waals surface area contributed by atoms with E-state index in [-0.39, 0.29) is 12.4 Å². The van der Waals surface area contributed by atoms with Crippen LogP contribution in [0.4, 0.5) is 0 Å². The molecule has 0 spiro atoms. The van der Waals surface area contributed by atoms with E-state index < -0.39 is 0 Å². The average molecular weight is 175 g/mol. The van der Waals surface area contributed by atoms with Crippen LogP contribution in [0.3, 0.4) is 0 Å². The van der Waals surface area contributed by atoms with E-state index in [9.17, 15) is 0 Å². The lowest BCUT2D eigenvalue weighted by atomic mass is 9.70. The third-order valence-corrected chi connectivity index (χ3v) is 2.59. The van der Waals surface area contributed by atoms with E-state index in [2.05, 4.69) is 15.3 Å². The van der Waals surface area contributed by atoms with Crippen LogP contribution in [-0.2, 0) is 0 Å². The third-order valence-electron chi connectivity index (χ3n) is 2.59. The zero-order valence-electron chi connectivity index (χ0n) is 6.16. The van der Waals surface area contributed by atoms with Gasteiger partial charge in [0.05, 0.1) is 0 Å². The Labute approximate surface area is 71.4 Å². The molecule has 1 saturated carbocycles. The maximum absolute atomic E-state index is 8.10. The van der Waals surface area contributed by atoms with E-state index in [4.69, 9.17) is 5.53 Å². The molecule has 0 atom stereocenters. The van der Waals surface area contributed by atoms with Crippen LogP contribution in [0.2, 0.25) is 0 Å². The predicted octanol–water partition coefficient (Wildman–Crippen LogP) is 1.47. The monoisotopic (exact) mass is 174 g/mol. The molecule has 0 unspecified atom stereocenters. The Hall–Kier alpha value is -0.440. The molecule has 4 nitrogen and oxygen atoms in total. The quantitative estimate of drug-likeness (QED) is 0.385. The minimum atomic E-state index is 0. The standard InChI is InChI=1S/C6H10N4.ClH/c7-10-9-4-6-1-5(2-6)8-3-6;/h5,8H,1-4H2;1H. The van der Waals surface area contributed by atoms with E-state index in [1.165, 1.54) is 12.8 Å². The first-order chi connectivity index (χ1) is 4.85. The van der Waals surface area contributed by atoms with Crippen molar-refractivity contribution >= 4 is 12.4 Å². The number of nitrogens with one attached hydrogen (secondary N) is 1. The van der Waals surface area contributed by atoms with Crippen molar-refractivity contribution in [3.63, 3.8) is 0 Å². The molecule has 62 valence electrons. The molecule has 0 amide bonds. The summed E-state index contributed by atoms with van der Waals surface area (Å²) in [6.45, 7) is 1.74. The SMILES string of the molecule is Cl.[N-]=[N+]=NCC12CNC(C1)C2. The van der Waals surface area contributed by atoms with Crippen LogP contribution in [-0.4, -0.2) is 19.1 Å². The molecule has 2 aliphatic heterocycles. The molecular formula is C6H11ClN4. The van der Waals surface area contributed by atoms with Gasteiger partial charge in [-0.25, -0.2) is 0 Å². The Balaban J connectivity index is 0.000000605. The van der Waals surface area contributed by atoms with E-state index in [1.54, 1.807) is 0 Å². The molecule has 1 aliphatic carbocycles. The van der Waals surface area contributed by atoms with Gasteiger partial charge in [0, 0.05) is 24.0 Å². The number of fused-ring (bicyclic) bond motifs is 1. The number of rotatable bonds is 2. The van der Waals surface area contributed by atoms with Crippen LogP contribution in [0.1, 0.15) is 12.8 Å². The first-order valence-electron chi connectivity index (χ1n) is 3.59. The second-order valence-electron chi connectivity index (χ2n) is 3.38. The lowest BCUT2D eigenvalue weighted by Crippen LogP contribution is -2.35. The highest BCUT2D eigenvalue weighted by molar-refractivity contribution is 5.85. The maximum atomic E-state index is 8.10. The van der Waals surface area contributed by atoms with Crippen molar-refractivity contribution < 1.29 is 0 Å². The molecule has 2 bridgehead atoms. The summed E-state index contributed by atoms with van der Waals surface area (Å²) < 4.78 is 0. The molecule has 11 heavy (non-hydrogen) atoms. The average Bonchev–Trinajstić information content (AvgIpc) is 2.39. The zero-order valence-corrected chi connectivity index (χ0v) is 6.97. The Bertz CT molecular complexity index is 187. The largest absolute Gasteiger partial charge is 0.313 e. The fourth-order valence-electron chi connectivity index (χ4n) is 2.00. The number of hydrogen-bond donors (Lipinski definition) is 1. The Morgan fingerprint density at radius 3 is 2.82 bits per heavy atom. The van der Waals surface area contributed by atoms with Crippen LogP contribution >= 0.6 is 12.4 Å². The summed E-state index contributed by atoms with van der Waals surface area (Å²) in [6, 6.07) is 0.730. The molecule has 0 aromatic carbocycles. The first-order valence-corrected chi connectivity index (χ1v) is 3.59. The van der Waals surface area contributed by atoms with Crippen molar-refractivity contribution in [2.75, 3.05) is 13.1 Å². The van der Waals surface area contributed by atoms with Gasteiger partial charge in [-0.15, -0.1) is 12.4 Å². The van der Waals surface area contributed by atoms with E-state index in [1.807, 2.05) is 0 Å². The second-order valence-corrected chi connectivity index (χ2v) is 3.38. The number of nitrogens with zero attached hydrogens (tertiary/aromatic N) is 3.